The molecule has 1 rings (SSSR count). The van der Waals surface area contributed by atoms with Gasteiger partial charge in [-0.15, -0.1) is 0 Å². The van der Waals surface area contributed by atoms with Gasteiger partial charge in [0.15, 0.2) is 0 Å². The largest absolute Gasteiger partial charge is 0.393 e. The molecule has 0 spiro atoms. The summed E-state index contributed by atoms with van der Waals surface area (Å²) in [5, 5.41) is 10.1. The van der Waals surface area contributed by atoms with E-state index in [9.17, 15) is 9.50 Å². The van der Waals surface area contributed by atoms with E-state index in [4.69, 9.17) is 11.6 Å². The lowest BCUT2D eigenvalue weighted by Gasteiger charge is -2.20. The summed E-state index contributed by atoms with van der Waals surface area (Å²) in [5.41, 5.74) is 0.787. The van der Waals surface area contributed by atoms with Crippen molar-refractivity contribution in [3.63, 3.8) is 0 Å². The molecule has 0 aliphatic heterocycles. The van der Waals surface area contributed by atoms with E-state index in [2.05, 4.69) is 13.8 Å². The first-order valence-corrected chi connectivity index (χ1v) is 6.40. The second kappa shape index (κ2) is 6.36. The average Bonchev–Trinajstić information content (AvgIpc) is 2.22. The van der Waals surface area contributed by atoms with E-state index in [1.54, 1.807) is 6.07 Å². The Hall–Kier alpha value is -0.600. The molecule has 1 aromatic rings. The number of halogens is 2. The van der Waals surface area contributed by atoms with Gasteiger partial charge in [-0.3, -0.25) is 0 Å². The Morgan fingerprint density at radius 3 is 2.47 bits per heavy atom. The lowest BCUT2D eigenvalue weighted by Crippen LogP contribution is -2.21. The summed E-state index contributed by atoms with van der Waals surface area (Å²) in [4.78, 5) is 0. The Morgan fingerprint density at radius 1 is 1.29 bits per heavy atom. The number of aliphatic hydroxyl groups is 1. The van der Waals surface area contributed by atoms with Gasteiger partial charge in [-0.25, -0.2) is 4.39 Å². The molecule has 17 heavy (non-hydrogen) atoms. The second-order valence-electron chi connectivity index (χ2n) is 5.13. The van der Waals surface area contributed by atoms with Gasteiger partial charge in [-0.05, 0) is 42.4 Å². The van der Waals surface area contributed by atoms with Crippen molar-refractivity contribution in [2.75, 3.05) is 0 Å². The van der Waals surface area contributed by atoms with Crippen LogP contribution in [0.2, 0.25) is 5.02 Å². The zero-order chi connectivity index (χ0) is 13.0. The zero-order valence-electron chi connectivity index (χ0n) is 10.6. The highest BCUT2D eigenvalue weighted by Crippen LogP contribution is 2.21. The van der Waals surface area contributed by atoms with E-state index in [0.717, 1.165) is 12.0 Å². The van der Waals surface area contributed by atoms with Crippen molar-refractivity contribution in [1.82, 2.24) is 0 Å². The molecule has 0 aromatic heterocycles. The molecule has 0 bridgehead atoms. The standard InChI is InChI=1S/C14H20ClFO/c1-9(2)6-10(3)14(17)8-11-4-5-12(15)13(16)7-11/h4-5,7,9-10,14,17H,6,8H2,1-3H3. The molecular weight excluding hydrogens is 239 g/mol. The Morgan fingerprint density at radius 2 is 1.94 bits per heavy atom. The van der Waals surface area contributed by atoms with Crippen LogP contribution in [-0.4, -0.2) is 11.2 Å². The summed E-state index contributed by atoms with van der Waals surface area (Å²) in [6.45, 7) is 6.29. The van der Waals surface area contributed by atoms with Crippen LogP contribution in [0.1, 0.15) is 32.8 Å². The Bertz CT molecular complexity index is 365. The van der Waals surface area contributed by atoms with Crippen LogP contribution in [0.5, 0.6) is 0 Å². The monoisotopic (exact) mass is 258 g/mol. The van der Waals surface area contributed by atoms with E-state index in [1.807, 2.05) is 6.92 Å². The summed E-state index contributed by atoms with van der Waals surface area (Å²) in [5.74, 6) is 0.350. The van der Waals surface area contributed by atoms with Gasteiger partial charge in [0.05, 0.1) is 11.1 Å². The predicted octanol–water partition coefficient (Wildman–Crippen LogP) is 4.06. The molecule has 1 aromatic carbocycles. The van der Waals surface area contributed by atoms with E-state index < -0.39 is 11.9 Å². The number of rotatable bonds is 5. The molecule has 0 saturated carbocycles. The van der Waals surface area contributed by atoms with Gasteiger partial charge in [0.25, 0.3) is 0 Å². The highest BCUT2D eigenvalue weighted by molar-refractivity contribution is 6.30. The molecule has 0 amide bonds. The molecule has 1 N–H and O–H groups in total. The molecule has 0 saturated heterocycles. The van der Waals surface area contributed by atoms with E-state index >= 15 is 0 Å². The minimum Gasteiger partial charge on any atom is -0.393 e. The van der Waals surface area contributed by atoms with Gasteiger partial charge in [-0.1, -0.05) is 38.4 Å². The summed E-state index contributed by atoms with van der Waals surface area (Å²) in [6, 6.07) is 4.69. The highest BCUT2D eigenvalue weighted by Gasteiger charge is 2.16. The smallest absolute Gasteiger partial charge is 0.142 e. The lowest BCUT2D eigenvalue weighted by atomic mass is 9.90. The Kier molecular flexibility index (Phi) is 5.41. The minimum atomic E-state index is -0.432. The van der Waals surface area contributed by atoms with Crippen molar-refractivity contribution in [2.45, 2.75) is 39.7 Å². The Labute approximate surface area is 108 Å². The van der Waals surface area contributed by atoms with Crippen LogP contribution in [0.4, 0.5) is 4.39 Å². The third-order valence-electron chi connectivity index (χ3n) is 2.93. The van der Waals surface area contributed by atoms with Crippen LogP contribution in [-0.2, 0) is 6.42 Å². The SMILES string of the molecule is CC(C)CC(C)C(O)Cc1ccc(Cl)c(F)c1. The number of benzene rings is 1. The fourth-order valence-electron chi connectivity index (χ4n) is 2.01. The van der Waals surface area contributed by atoms with Gasteiger partial charge in [0, 0.05) is 0 Å². The minimum absolute atomic E-state index is 0.124. The molecule has 0 heterocycles. The molecule has 96 valence electrons. The molecule has 1 nitrogen and oxygen atoms in total. The third-order valence-corrected chi connectivity index (χ3v) is 3.24. The van der Waals surface area contributed by atoms with Crippen molar-refractivity contribution in [3.8, 4) is 0 Å². The molecule has 0 fully saturated rings. The molecule has 2 unspecified atom stereocenters. The van der Waals surface area contributed by atoms with E-state index in [0.29, 0.717) is 12.3 Å². The normalized spacial score (nSPS) is 15.0. The summed E-state index contributed by atoms with van der Waals surface area (Å²) < 4.78 is 13.2. The first kappa shape index (κ1) is 14.5. The van der Waals surface area contributed by atoms with Crippen molar-refractivity contribution in [3.05, 3.63) is 34.6 Å². The number of aliphatic hydroxyl groups excluding tert-OH is 1. The maximum absolute atomic E-state index is 13.2. The molecule has 0 aliphatic rings. The fourth-order valence-corrected chi connectivity index (χ4v) is 2.13. The molecule has 0 aliphatic carbocycles. The first-order valence-electron chi connectivity index (χ1n) is 6.02. The van der Waals surface area contributed by atoms with Crippen LogP contribution in [0.3, 0.4) is 0 Å². The Balaban J connectivity index is 2.61. The summed E-state index contributed by atoms with van der Waals surface area (Å²) in [7, 11) is 0. The van der Waals surface area contributed by atoms with Crippen molar-refractivity contribution < 1.29 is 9.50 Å². The molecular formula is C14H20ClFO. The second-order valence-corrected chi connectivity index (χ2v) is 5.53. The van der Waals surface area contributed by atoms with Crippen molar-refractivity contribution in [2.24, 2.45) is 11.8 Å². The summed E-state index contributed by atoms with van der Waals surface area (Å²) >= 11 is 5.61. The average molecular weight is 259 g/mol. The van der Waals surface area contributed by atoms with Crippen LogP contribution < -0.4 is 0 Å². The van der Waals surface area contributed by atoms with Crippen molar-refractivity contribution in [1.29, 1.82) is 0 Å². The van der Waals surface area contributed by atoms with Gasteiger partial charge >= 0.3 is 0 Å². The van der Waals surface area contributed by atoms with Crippen LogP contribution in [0.15, 0.2) is 18.2 Å². The van der Waals surface area contributed by atoms with Gasteiger partial charge in [0.1, 0.15) is 5.82 Å². The molecule has 3 heteroatoms. The fraction of sp³-hybridized carbons (Fsp3) is 0.571. The van der Waals surface area contributed by atoms with Crippen LogP contribution in [0.25, 0.3) is 0 Å². The maximum atomic E-state index is 13.2. The quantitative estimate of drug-likeness (QED) is 0.844. The highest BCUT2D eigenvalue weighted by atomic mass is 35.5. The third kappa shape index (κ3) is 4.64. The lowest BCUT2D eigenvalue weighted by molar-refractivity contribution is 0.105. The van der Waals surface area contributed by atoms with Gasteiger partial charge in [-0.2, -0.15) is 0 Å². The van der Waals surface area contributed by atoms with Crippen LogP contribution >= 0.6 is 11.6 Å². The summed E-state index contributed by atoms with van der Waals surface area (Å²) in [6.07, 6.45) is 1.01. The van der Waals surface area contributed by atoms with E-state index in [-0.39, 0.29) is 10.9 Å². The van der Waals surface area contributed by atoms with Crippen molar-refractivity contribution >= 4 is 11.6 Å². The number of hydrogen-bond acceptors (Lipinski definition) is 1. The maximum Gasteiger partial charge on any atom is 0.142 e. The first-order chi connectivity index (χ1) is 7.90. The van der Waals surface area contributed by atoms with Gasteiger partial charge < -0.3 is 5.11 Å². The molecule has 0 radical (unpaired) electrons. The van der Waals surface area contributed by atoms with Crippen LogP contribution in [0, 0.1) is 17.7 Å². The zero-order valence-corrected chi connectivity index (χ0v) is 11.3. The van der Waals surface area contributed by atoms with E-state index in [1.165, 1.54) is 12.1 Å². The molecule has 2 atom stereocenters. The number of hydrogen-bond donors (Lipinski definition) is 1. The predicted molar refractivity (Wildman–Crippen MR) is 69.7 cm³/mol. The van der Waals surface area contributed by atoms with Gasteiger partial charge in [0.2, 0.25) is 0 Å². The topological polar surface area (TPSA) is 20.2 Å².